The van der Waals surface area contributed by atoms with Gasteiger partial charge in [-0.25, -0.2) is 0 Å². The fourth-order valence-corrected chi connectivity index (χ4v) is 2.44. The Kier molecular flexibility index (Phi) is 5.63. The van der Waals surface area contributed by atoms with Crippen LogP contribution in [0.5, 0.6) is 0 Å². The molecule has 2 nitrogen and oxygen atoms in total. The van der Waals surface area contributed by atoms with Crippen LogP contribution in [-0.2, 0) is 4.74 Å². The van der Waals surface area contributed by atoms with Gasteiger partial charge in [-0.15, -0.1) is 0 Å². The minimum Gasteiger partial charge on any atom is -0.379 e. The molecule has 3 heteroatoms. The molecule has 1 rings (SSSR count). The number of nitrogens with two attached hydrogens (primary N) is 1. The molecule has 0 aromatic heterocycles. The first-order chi connectivity index (χ1) is 8.00. The monoisotopic (exact) mass is 299 g/mol. The van der Waals surface area contributed by atoms with Gasteiger partial charge in [-0.1, -0.05) is 34.1 Å². The summed E-state index contributed by atoms with van der Waals surface area (Å²) in [5.74, 6) is 0.389. The van der Waals surface area contributed by atoms with Crippen LogP contribution in [0.15, 0.2) is 28.7 Å². The van der Waals surface area contributed by atoms with Crippen molar-refractivity contribution in [1.82, 2.24) is 0 Å². The second-order valence-corrected chi connectivity index (χ2v) is 5.81. The quantitative estimate of drug-likeness (QED) is 0.869. The Labute approximate surface area is 113 Å². The van der Waals surface area contributed by atoms with Crippen molar-refractivity contribution < 1.29 is 4.74 Å². The summed E-state index contributed by atoms with van der Waals surface area (Å²) in [5.41, 5.74) is 7.10. The first kappa shape index (κ1) is 14.7. The largest absolute Gasteiger partial charge is 0.379 e. The van der Waals surface area contributed by atoms with Crippen LogP contribution in [-0.4, -0.2) is 19.3 Å². The van der Waals surface area contributed by atoms with Crippen molar-refractivity contribution in [2.75, 3.05) is 13.7 Å². The van der Waals surface area contributed by atoms with Crippen molar-refractivity contribution in [1.29, 1.82) is 0 Å². The summed E-state index contributed by atoms with van der Waals surface area (Å²) in [6.45, 7) is 4.89. The summed E-state index contributed by atoms with van der Waals surface area (Å²) in [6.07, 6.45) is 2.05. The summed E-state index contributed by atoms with van der Waals surface area (Å²) in [7, 11) is 1.76. The van der Waals surface area contributed by atoms with Crippen LogP contribution in [0.2, 0.25) is 0 Å². The molecule has 17 heavy (non-hydrogen) atoms. The van der Waals surface area contributed by atoms with Gasteiger partial charge in [-0.05, 0) is 50.8 Å². The highest BCUT2D eigenvalue weighted by molar-refractivity contribution is 9.10. The number of ether oxygens (including phenoxy) is 1. The molecule has 0 aliphatic heterocycles. The Hall–Kier alpha value is -0.380. The number of methoxy groups -OCH3 is 1. The molecule has 1 unspecified atom stereocenters. The second kappa shape index (κ2) is 6.53. The molecule has 0 aliphatic rings. The summed E-state index contributed by atoms with van der Waals surface area (Å²) in [5, 5.41) is 0. The van der Waals surface area contributed by atoms with Gasteiger partial charge in [0.2, 0.25) is 0 Å². The topological polar surface area (TPSA) is 35.2 Å². The van der Waals surface area contributed by atoms with Gasteiger partial charge in [0.25, 0.3) is 0 Å². The molecule has 2 N–H and O–H groups in total. The lowest BCUT2D eigenvalue weighted by atomic mass is 9.90. The fourth-order valence-electron chi connectivity index (χ4n) is 1.83. The van der Waals surface area contributed by atoms with Gasteiger partial charge < -0.3 is 10.5 Å². The number of benzene rings is 1. The highest BCUT2D eigenvalue weighted by Gasteiger charge is 2.20. The third-order valence-corrected chi connectivity index (χ3v) is 4.00. The van der Waals surface area contributed by atoms with Crippen molar-refractivity contribution >= 4 is 15.9 Å². The van der Waals surface area contributed by atoms with Gasteiger partial charge in [-0.2, -0.15) is 0 Å². The van der Waals surface area contributed by atoms with Gasteiger partial charge in [0.15, 0.2) is 0 Å². The fraction of sp³-hybridized carbons (Fsp3) is 0.571. The van der Waals surface area contributed by atoms with Gasteiger partial charge in [0.1, 0.15) is 0 Å². The highest BCUT2D eigenvalue weighted by atomic mass is 79.9. The van der Waals surface area contributed by atoms with Crippen LogP contribution in [0.4, 0.5) is 0 Å². The number of rotatable bonds is 6. The third-order valence-electron chi connectivity index (χ3n) is 3.28. The molecule has 0 aliphatic carbocycles. The maximum absolute atomic E-state index is 5.88. The minimum atomic E-state index is -0.0747. The molecule has 0 saturated heterocycles. The van der Waals surface area contributed by atoms with E-state index in [2.05, 4.69) is 48.0 Å². The molecule has 1 atom stereocenters. The molecule has 0 saturated carbocycles. The maximum Gasteiger partial charge on any atom is 0.0623 e. The zero-order valence-electron chi connectivity index (χ0n) is 10.9. The summed E-state index contributed by atoms with van der Waals surface area (Å²) in [6, 6.07) is 8.30. The van der Waals surface area contributed by atoms with Crippen LogP contribution in [0, 0.1) is 0 Å². The molecule has 0 spiro atoms. The lowest BCUT2D eigenvalue weighted by Crippen LogP contribution is -2.24. The normalized spacial score (nSPS) is 13.7. The smallest absolute Gasteiger partial charge is 0.0623 e. The van der Waals surface area contributed by atoms with Crippen LogP contribution in [0.25, 0.3) is 0 Å². The van der Waals surface area contributed by atoms with Crippen LogP contribution < -0.4 is 5.73 Å². The molecule has 96 valence electrons. The summed E-state index contributed by atoms with van der Waals surface area (Å²) >= 11 is 3.59. The molecule has 0 heterocycles. The van der Waals surface area contributed by atoms with E-state index in [9.17, 15) is 0 Å². The second-order valence-electron chi connectivity index (χ2n) is 4.96. The van der Waals surface area contributed by atoms with Crippen molar-refractivity contribution in [3.05, 3.63) is 34.3 Å². The van der Waals surface area contributed by atoms with Crippen LogP contribution in [0.3, 0.4) is 0 Å². The van der Waals surface area contributed by atoms with E-state index in [0.29, 0.717) is 12.5 Å². The SMILES string of the molecule is COC(C)(C)CCC(CN)c1ccccc1Br. The average Bonchev–Trinajstić information content (AvgIpc) is 2.32. The first-order valence-electron chi connectivity index (χ1n) is 6.00. The zero-order valence-corrected chi connectivity index (χ0v) is 12.5. The molecule has 0 bridgehead atoms. The lowest BCUT2D eigenvalue weighted by molar-refractivity contribution is 0.0125. The van der Waals surface area contributed by atoms with E-state index in [1.807, 2.05) is 6.07 Å². The Morgan fingerprint density at radius 2 is 2.00 bits per heavy atom. The van der Waals surface area contributed by atoms with Crippen molar-refractivity contribution in [2.24, 2.45) is 5.73 Å². The van der Waals surface area contributed by atoms with E-state index in [0.717, 1.165) is 17.3 Å². The van der Waals surface area contributed by atoms with Gasteiger partial charge in [0, 0.05) is 11.6 Å². The minimum absolute atomic E-state index is 0.0747. The van der Waals surface area contributed by atoms with Gasteiger partial charge in [-0.3, -0.25) is 0 Å². The standard InChI is InChI=1S/C14H22BrNO/c1-14(2,17-3)9-8-11(10-16)12-6-4-5-7-13(12)15/h4-7,11H,8-10,16H2,1-3H3. The van der Waals surface area contributed by atoms with Gasteiger partial charge in [0.05, 0.1) is 5.60 Å². The van der Waals surface area contributed by atoms with Crippen molar-refractivity contribution in [3.63, 3.8) is 0 Å². The molecule has 0 amide bonds. The Bertz CT molecular complexity index is 352. The summed E-state index contributed by atoms with van der Waals surface area (Å²) < 4.78 is 6.59. The molecular weight excluding hydrogens is 278 g/mol. The molecule has 0 fully saturated rings. The number of hydrogen-bond donors (Lipinski definition) is 1. The molecule has 1 aromatic carbocycles. The predicted octanol–water partition coefficient (Wildman–Crippen LogP) is 3.70. The first-order valence-corrected chi connectivity index (χ1v) is 6.79. The zero-order chi connectivity index (χ0) is 12.9. The Morgan fingerprint density at radius 3 is 2.53 bits per heavy atom. The highest BCUT2D eigenvalue weighted by Crippen LogP contribution is 2.30. The number of hydrogen-bond acceptors (Lipinski definition) is 2. The van der Waals surface area contributed by atoms with Crippen molar-refractivity contribution in [3.8, 4) is 0 Å². The van der Waals surface area contributed by atoms with E-state index in [1.54, 1.807) is 7.11 Å². The third kappa shape index (κ3) is 4.41. The van der Waals surface area contributed by atoms with E-state index in [1.165, 1.54) is 5.56 Å². The maximum atomic E-state index is 5.88. The van der Waals surface area contributed by atoms with E-state index >= 15 is 0 Å². The van der Waals surface area contributed by atoms with Crippen molar-refractivity contribution in [2.45, 2.75) is 38.2 Å². The van der Waals surface area contributed by atoms with E-state index in [-0.39, 0.29) is 5.60 Å². The lowest BCUT2D eigenvalue weighted by Gasteiger charge is -2.26. The average molecular weight is 300 g/mol. The van der Waals surface area contributed by atoms with Crippen LogP contribution in [0.1, 0.15) is 38.2 Å². The molecule has 0 radical (unpaired) electrons. The summed E-state index contributed by atoms with van der Waals surface area (Å²) in [4.78, 5) is 0. The van der Waals surface area contributed by atoms with E-state index < -0.39 is 0 Å². The Balaban J connectivity index is 2.70. The van der Waals surface area contributed by atoms with E-state index in [4.69, 9.17) is 10.5 Å². The number of halogens is 1. The predicted molar refractivity (Wildman–Crippen MR) is 76.3 cm³/mol. The van der Waals surface area contributed by atoms with Gasteiger partial charge >= 0.3 is 0 Å². The van der Waals surface area contributed by atoms with Crippen LogP contribution >= 0.6 is 15.9 Å². The Morgan fingerprint density at radius 1 is 1.35 bits per heavy atom. The molecule has 1 aromatic rings. The molecular formula is C14H22BrNO.